The zero-order valence-corrected chi connectivity index (χ0v) is 12.7. The molecule has 2 rings (SSSR count). The Morgan fingerprint density at radius 2 is 2.20 bits per heavy atom. The summed E-state index contributed by atoms with van der Waals surface area (Å²) in [7, 11) is 1.58. The van der Waals surface area contributed by atoms with Gasteiger partial charge >= 0.3 is 0 Å². The molecule has 1 amide bonds. The maximum atomic E-state index is 12.7. The van der Waals surface area contributed by atoms with E-state index in [1.54, 1.807) is 7.11 Å². The molecule has 108 valence electrons. The van der Waals surface area contributed by atoms with Crippen molar-refractivity contribution >= 4 is 23.1 Å². The number of carbonyl (C=O) groups is 1. The van der Waals surface area contributed by atoms with Crippen molar-refractivity contribution in [3.05, 3.63) is 29.3 Å². The van der Waals surface area contributed by atoms with Gasteiger partial charge in [-0.15, -0.1) is 0 Å². The molecule has 1 saturated carbocycles. The molecule has 4 nitrogen and oxygen atoms in total. The predicted octanol–water partition coefficient (Wildman–Crippen LogP) is 2.28. The van der Waals surface area contributed by atoms with Crippen LogP contribution in [0.25, 0.3) is 0 Å². The van der Waals surface area contributed by atoms with Crippen LogP contribution in [-0.2, 0) is 0 Å². The number of hydrogen-bond acceptors (Lipinski definition) is 3. The summed E-state index contributed by atoms with van der Waals surface area (Å²) in [6.45, 7) is 2.54. The van der Waals surface area contributed by atoms with Gasteiger partial charge in [0, 0.05) is 19.0 Å². The van der Waals surface area contributed by atoms with E-state index in [9.17, 15) is 4.79 Å². The molecule has 1 aromatic rings. The van der Waals surface area contributed by atoms with E-state index in [-0.39, 0.29) is 5.91 Å². The zero-order chi connectivity index (χ0) is 14.7. The van der Waals surface area contributed by atoms with Crippen molar-refractivity contribution in [3.63, 3.8) is 0 Å². The lowest BCUT2D eigenvalue weighted by Crippen LogP contribution is -2.35. The maximum absolute atomic E-state index is 12.7. The van der Waals surface area contributed by atoms with Crippen LogP contribution < -0.4 is 10.5 Å². The summed E-state index contributed by atoms with van der Waals surface area (Å²) in [6.07, 6.45) is 2.67. The SMILES string of the molecule is COc1ccc(C)cc1C(=O)N(CCC(N)=S)C1CC1. The molecule has 1 aliphatic rings. The summed E-state index contributed by atoms with van der Waals surface area (Å²) >= 11 is 4.91. The second kappa shape index (κ2) is 6.22. The van der Waals surface area contributed by atoms with Crippen LogP contribution in [0, 0.1) is 6.92 Å². The van der Waals surface area contributed by atoms with Crippen LogP contribution in [0.5, 0.6) is 5.75 Å². The van der Waals surface area contributed by atoms with Gasteiger partial charge in [-0.1, -0.05) is 23.8 Å². The lowest BCUT2D eigenvalue weighted by atomic mass is 10.1. The van der Waals surface area contributed by atoms with Gasteiger partial charge in [0.2, 0.25) is 0 Å². The zero-order valence-electron chi connectivity index (χ0n) is 11.9. The number of hydrogen-bond donors (Lipinski definition) is 1. The highest BCUT2D eigenvalue weighted by Gasteiger charge is 2.33. The van der Waals surface area contributed by atoms with Crippen molar-refractivity contribution < 1.29 is 9.53 Å². The summed E-state index contributed by atoms with van der Waals surface area (Å²) in [5.41, 5.74) is 7.20. The number of thiocarbonyl (C=S) groups is 1. The number of benzene rings is 1. The van der Waals surface area contributed by atoms with Gasteiger partial charge in [-0.2, -0.15) is 0 Å². The van der Waals surface area contributed by atoms with Crippen LogP contribution in [0.4, 0.5) is 0 Å². The molecular formula is C15H20N2O2S. The van der Waals surface area contributed by atoms with E-state index in [2.05, 4.69) is 0 Å². The molecule has 20 heavy (non-hydrogen) atoms. The molecule has 1 fully saturated rings. The van der Waals surface area contributed by atoms with Crippen molar-refractivity contribution in [3.8, 4) is 5.75 Å². The average Bonchev–Trinajstić information content (AvgIpc) is 3.23. The Kier molecular flexibility index (Phi) is 4.60. The molecule has 1 aromatic carbocycles. The van der Waals surface area contributed by atoms with Crippen LogP contribution in [0.1, 0.15) is 35.2 Å². The smallest absolute Gasteiger partial charge is 0.257 e. The van der Waals surface area contributed by atoms with Crippen LogP contribution >= 0.6 is 12.2 Å². The number of methoxy groups -OCH3 is 1. The van der Waals surface area contributed by atoms with E-state index in [4.69, 9.17) is 22.7 Å². The number of nitrogens with two attached hydrogens (primary N) is 1. The Morgan fingerprint density at radius 3 is 2.75 bits per heavy atom. The van der Waals surface area contributed by atoms with Crippen molar-refractivity contribution in [2.75, 3.05) is 13.7 Å². The molecule has 0 radical (unpaired) electrons. The number of amides is 1. The third kappa shape index (κ3) is 3.48. The van der Waals surface area contributed by atoms with Crippen LogP contribution in [0.3, 0.4) is 0 Å². The van der Waals surface area contributed by atoms with Gasteiger partial charge in [0.05, 0.1) is 17.7 Å². The van der Waals surface area contributed by atoms with Gasteiger partial charge in [-0.05, 0) is 31.9 Å². The maximum Gasteiger partial charge on any atom is 0.257 e. The third-order valence-electron chi connectivity index (χ3n) is 3.43. The van der Waals surface area contributed by atoms with E-state index in [0.717, 1.165) is 18.4 Å². The molecular weight excluding hydrogens is 272 g/mol. The van der Waals surface area contributed by atoms with Gasteiger partial charge in [-0.3, -0.25) is 4.79 Å². The minimum absolute atomic E-state index is 0.00398. The highest BCUT2D eigenvalue weighted by Crippen LogP contribution is 2.30. The van der Waals surface area contributed by atoms with Gasteiger partial charge < -0.3 is 15.4 Å². The monoisotopic (exact) mass is 292 g/mol. The van der Waals surface area contributed by atoms with Crippen LogP contribution in [0.15, 0.2) is 18.2 Å². The first-order valence-corrected chi connectivity index (χ1v) is 7.17. The summed E-state index contributed by atoms with van der Waals surface area (Å²) < 4.78 is 5.30. The van der Waals surface area contributed by atoms with Crippen LogP contribution in [0.2, 0.25) is 0 Å². The Morgan fingerprint density at radius 1 is 1.50 bits per heavy atom. The average molecular weight is 292 g/mol. The molecule has 0 atom stereocenters. The molecule has 2 N–H and O–H groups in total. The number of carbonyl (C=O) groups excluding carboxylic acids is 1. The molecule has 5 heteroatoms. The molecule has 0 unspecified atom stereocenters. The van der Waals surface area contributed by atoms with E-state index in [1.165, 1.54) is 0 Å². The topological polar surface area (TPSA) is 55.6 Å². The largest absolute Gasteiger partial charge is 0.496 e. The van der Waals surface area contributed by atoms with E-state index < -0.39 is 0 Å². The van der Waals surface area contributed by atoms with Crippen LogP contribution in [-0.4, -0.2) is 35.5 Å². The third-order valence-corrected chi connectivity index (χ3v) is 3.64. The van der Waals surface area contributed by atoms with Gasteiger partial charge in [-0.25, -0.2) is 0 Å². The Hall–Kier alpha value is -1.62. The second-order valence-corrected chi connectivity index (χ2v) is 5.67. The highest BCUT2D eigenvalue weighted by molar-refractivity contribution is 7.80. The fraction of sp³-hybridized carbons (Fsp3) is 0.467. The molecule has 0 aromatic heterocycles. The molecule has 1 aliphatic carbocycles. The normalized spacial score (nSPS) is 13.9. The molecule has 0 bridgehead atoms. The van der Waals surface area contributed by atoms with E-state index in [1.807, 2.05) is 30.0 Å². The Labute approximate surface area is 124 Å². The number of aryl methyl sites for hydroxylation is 1. The highest BCUT2D eigenvalue weighted by atomic mass is 32.1. The minimum Gasteiger partial charge on any atom is -0.496 e. The van der Waals surface area contributed by atoms with Gasteiger partial charge in [0.1, 0.15) is 5.75 Å². The summed E-state index contributed by atoms with van der Waals surface area (Å²) in [5, 5.41) is 0. The quantitative estimate of drug-likeness (QED) is 0.817. The van der Waals surface area contributed by atoms with Crippen molar-refractivity contribution in [1.29, 1.82) is 0 Å². The molecule has 0 heterocycles. The first-order valence-electron chi connectivity index (χ1n) is 6.77. The first kappa shape index (κ1) is 14.8. The standard InChI is InChI=1S/C15H20N2O2S/c1-10-3-6-13(19-2)12(9-10)15(18)17(11-4-5-11)8-7-14(16)20/h3,6,9,11H,4-5,7-8H2,1-2H3,(H2,16,20). The predicted molar refractivity (Wildman–Crippen MR) is 83.2 cm³/mol. The number of rotatable bonds is 6. The van der Waals surface area contributed by atoms with Crippen molar-refractivity contribution in [2.24, 2.45) is 5.73 Å². The molecule has 0 spiro atoms. The van der Waals surface area contributed by atoms with Gasteiger partial charge in [0.25, 0.3) is 5.91 Å². The Balaban J connectivity index is 2.22. The number of ether oxygens (including phenoxy) is 1. The summed E-state index contributed by atoms with van der Waals surface area (Å²) in [5.74, 6) is 0.617. The van der Waals surface area contributed by atoms with E-state index >= 15 is 0 Å². The lowest BCUT2D eigenvalue weighted by molar-refractivity contribution is 0.0744. The van der Waals surface area contributed by atoms with Crippen molar-refractivity contribution in [2.45, 2.75) is 32.2 Å². The van der Waals surface area contributed by atoms with E-state index in [0.29, 0.717) is 35.3 Å². The minimum atomic E-state index is 0.00398. The fourth-order valence-corrected chi connectivity index (χ4v) is 2.30. The summed E-state index contributed by atoms with van der Waals surface area (Å²) in [6, 6.07) is 5.96. The second-order valence-electron chi connectivity index (χ2n) is 5.15. The first-order chi connectivity index (χ1) is 9.52. The van der Waals surface area contributed by atoms with Crippen molar-refractivity contribution in [1.82, 2.24) is 4.90 Å². The fourth-order valence-electron chi connectivity index (χ4n) is 2.21. The number of nitrogens with zero attached hydrogens (tertiary/aromatic N) is 1. The molecule has 0 saturated heterocycles. The Bertz CT molecular complexity index is 527. The van der Waals surface area contributed by atoms with Gasteiger partial charge in [0.15, 0.2) is 0 Å². The lowest BCUT2D eigenvalue weighted by Gasteiger charge is -2.23. The molecule has 0 aliphatic heterocycles. The summed E-state index contributed by atoms with van der Waals surface area (Å²) in [4.78, 5) is 15.0.